The van der Waals surface area contributed by atoms with Gasteiger partial charge in [-0.15, -0.1) is 0 Å². The van der Waals surface area contributed by atoms with Gasteiger partial charge >= 0.3 is 6.09 Å². The highest BCUT2D eigenvalue weighted by molar-refractivity contribution is 5.90. The van der Waals surface area contributed by atoms with Crippen molar-refractivity contribution in [2.45, 2.75) is 47.1 Å². The third-order valence-corrected chi connectivity index (χ3v) is 3.46. The van der Waals surface area contributed by atoms with Gasteiger partial charge in [0.2, 0.25) is 0 Å². The molecule has 2 aromatic rings. The standard InChI is InChI=1S/C18H25N3O3/c1-8-23-13(4)15-12(3)20-21-10-9-14(11(2)16(15)21)19-17(22)24-18(5,6)7/h9-10H,4,8H2,1-3,5-7H3,(H,19,22). The van der Waals surface area contributed by atoms with E-state index < -0.39 is 11.7 Å². The molecule has 0 aliphatic carbocycles. The molecule has 0 fully saturated rings. The summed E-state index contributed by atoms with van der Waals surface area (Å²) in [6, 6.07) is 1.80. The van der Waals surface area contributed by atoms with Gasteiger partial charge in [0.15, 0.2) is 0 Å². The van der Waals surface area contributed by atoms with E-state index in [0.29, 0.717) is 18.1 Å². The monoisotopic (exact) mass is 331 g/mol. The first-order chi connectivity index (χ1) is 11.1. The molecule has 0 bridgehead atoms. The summed E-state index contributed by atoms with van der Waals surface area (Å²) >= 11 is 0. The van der Waals surface area contributed by atoms with Gasteiger partial charge in [0, 0.05) is 6.20 Å². The van der Waals surface area contributed by atoms with E-state index in [4.69, 9.17) is 9.47 Å². The Hall–Kier alpha value is -2.50. The van der Waals surface area contributed by atoms with Crippen molar-refractivity contribution in [2.75, 3.05) is 11.9 Å². The van der Waals surface area contributed by atoms with Crippen molar-refractivity contribution in [3.63, 3.8) is 0 Å². The summed E-state index contributed by atoms with van der Waals surface area (Å²) in [6.07, 6.45) is 1.31. The lowest BCUT2D eigenvalue weighted by molar-refractivity contribution is 0.0636. The van der Waals surface area contributed by atoms with Crippen LogP contribution < -0.4 is 5.32 Å². The first kappa shape index (κ1) is 17.8. The van der Waals surface area contributed by atoms with Crippen LogP contribution in [0.3, 0.4) is 0 Å². The molecule has 0 radical (unpaired) electrons. The first-order valence-electron chi connectivity index (χ1n) is 7.94. The van der Waals surface area contributed by atoms with E-state index >= 15 is 0 Å². The number of rotatable bonds is 4. The fourth-order valence-electron chi connectivity index (χ4n) is 2.54. The third kappa shape index (κ3) is 3.69. The highest BCUT2D eigenvalue weighted by atomic mass is 16.6. The molecule has 6 heteroatoms. The molecule has 0 spiro atoms. The number of pyridine rings is 1. The van der Waals surface area contributed by atoms with Crippen molar-refractivity contribution in [3.05, 3.63) is 35.7 Å². The minimum Gasteiger partial charge on any atom is -0.494 e. The lowest BCUT2D eigenvalue weighted by Gasteiger charge is -2.20. The van der Waals surface area contributed by atoms with Crippen molar-refractivity contribution in [3.8, 4) is 0 Å². The minimum absolute atomic E-state index is 0.489. The number of nitrogens with one attached hydrogen (secondary N) is 1. The zero-order valence-electron chi connectivity index (χ0n) is 15.2. The van der Waals surface area contributed by atoms with E-state index in [9.17, 15) is 4.79 Å². The van der Waals surface area contributed by atoms with Gasteiger partial charge in [-0.1, -0.05) is 6.58 Å². The average Bonchev–Trinajstić information content (AvgIpc) is 2.77. The summed E-state index contributed by atoms with van der Waals surface area (Å²) < 4.78 is 12.6. The van der Waals surface area contributed by atoms with Gasteiger partial charge in [-0.3, -0.25) is 5.32 Å². The lowest BCUT2D eigenvalue weighted by atomic mass is 10.1. The Balaban J connectivity index is 2.44. The summed E-state index contributed by atoms with van der Waals surface area (Å²) in [7, 11) is 0. The molecule has 0 aromatic carbocycles. The summed E-state index contributed by atoms with van der Waals surface area (Å²) in [5.74, 6) is 0.572. The molecule has 0 aliphatic heterocycles. The van der Waals surface area contributed by atoms with Crippen LogP contribution in [-0.2, 0) is 9.47 Å². The molecule has 0 aliphatic rings. The summed E-state index contributed by atoms with van der Waals surface area (Å²) in [5, 5.41) is 7.28. The Bertz CT molecular complexity index is 785. The van der Waals surface area contributed by atoms with E-state index in [1.54, 1.807) is 16.8 Å². The van der Waals surface area contributed by atoms with Gasteiger partial charge in [-0.05, 0) is 53.2 Å². The SMILES string of the molecule is C=C(OCC)c1c(C)nn2ccc(NC(=O)OC(C)(C)C)c(C)c12. The third-order valence-electron chi connectivity index (χ3n) is 3.46. The Morgan fingerprint density at radius 3 is 2.62 bits per heavy atom. The Labute approximate surface area is 142 Å². The van der Waals surface area contributed by atoms with Crippen molar-refractivity contribution < 1.29 is 14.3 Å². The van der Waals surface area contributed by atoms with Gasteiger partial charge in [0.05, 0.1) is 29.1 Å². The maximum atomic E-state index is 12.0. The molecule has 0 unspecified atom stereocenters. The molecule has 2 rings (SSSR count). The smallest absolute Gasteiger partial charge is 0.412 e. The molecule has 2 aromatic heterocycles. The van der Waals surface area contributed by atoms with Crippen LogP contribution in [0.25, 0.3) is 11.3 Å². The number of ether oxygens (including phenoxy) is 2. The molecule has 0 atom stereocenters. The fraction of sp³-hybridized carbons (Fsp3) is 0.444. The number of aromatic nitrogens is 2. The second-order valence-electron chi connectivity index (χ2n) is 6.59. The normalized spacial score (nSPS) is 11.4. The Morgan fingerprint density at radius 2 is 2.04 bits per heavy atom. The number of carbonyl (C=O) groups excluding carboxylic acids is 1. The largest absolute Gasteiger partial charge is 0.494 e. The Morgan fingerprint density at radius 1 is 1.38 bits per heavy atom. The van der Waals surface area contributed by atoms with Crippen molar-refractivity contribution in [2.24, 2.45) is 0 Å². The maximum absolute atomic E-state index is 12.0. The van der Waals surface area contributed by atoms with Crippen LogP contribution in [-0.4, -0.2) is 27.9 Å². The number of anilines is 1. The topological polar surface area (TPSA) is 64.9 Å². The molecular formula is C18H25N3O3. The molecular weight excluding hydrogens is 306 g/mol. The Kier molecular flexibility index (Phi) is 4.87. The number of amides is 1. The molecule has 1 N–H and O–H groups in total. The molecule has 130 valence electrons. The highest BCUT2D eigenvalue weighted by Gasteiger charge is 2.20. The molecule has 24 heavy (non-hydrogen) atoms. The zero-order chi connectivity index (χ0) is 18.1. The van der Waals surface area contributed by atoms with Gasteiger partial charge in [0.25, 0.3) is 0 Å². The van der Waals surface area contributed by atoms with Crippen molar-refractivity contribution in [1.82, 2.24) is 9.61 Å². The van der Waals surface area contributed by atoms with Gasteiger partial charge in [-0.2, -0.15) is 5.10 Å². The number of aryl methyl sites for hydroxylation is 2. The summed E-state index contributed by atoms with van der Waals surface area (Å²) in [6.45, 7) is 15.7. The molecule has 0 saturated heterocycles. The van der Waals surface area contributed by atoms with Crippen LogP contribution in [0, 0.1) is 13.8 Å². The summed E-state index contributed by atoms with van der Waals surface area (Å²) in [5.41, 5.74) is 3.53. The number of fused-ring (bicyclic) bond motifs is 1. The molecule has 6 nitrogen and oxygen atoms in total. The number of hydrogen-bond donors (Lipinski definition) is 1. The van der Waals surface area contributed by atoms with E-state index in [1.807, 2.05) is 41.5 Å². The predicted molar refractivity (Wildman–Crippen MR) is 95.2 cm³/mol. The van der Waals surface area contributed by atoms with Crippen LogP contribution in [0.1, 0.15) is 44.5 Å². The lowest BCUT2D eigenvalue weighted by Crippen LogP contribution is -2.27. The minimum atomic E-state index is -0.552. The fourth-order valence-corrected chi connectivity index (χ4v) is 2.54. The molecule has 1 amide bonds. The average molecular weight is 331 g/mol. The van der Waals surface area contributed by atoms with Gasteiger partial charge in [0.1, 0.15) is 11.4 Å². The summed E-state index contributed by atoms with van der Waals surface area (Å²) in [4.78, 5) is 12.0. The van der Waals surface area contributed by atoms with E-state index in [1.165, 1.54) is 0 Å². The van der Waals surface area contributed by atoms with Gasteiger partial charge < -0.3 is 9.47 Å². The number of hydrogen-bond acceptors (Lipinski definition) is 4. The van der Waals surface area contributed by atoms with Crippen molar-refractivity contribution >= 4 is 23.1 Å². The molecule has 0 saturated carbocycles. The number of carbonyl (C=O) groups is 1. The van der Waals surface area contributed by atoms with Crippen LogP contribution in [0.4, 0.5) is 10.5 Å². The van der Waals surface area contributed by atoms with E-state index in [2.05, 4.69) is 17.0 Å². The maximum Gasteiger partial charge on any atom is 0.412 e. The second-order valence-corrected chi connectivity index (χ2v) is 6.59. The predicted octanol–water partition coefficient (Wildman–Crippen LogP) is 4.31. The van der Waals surface area contributed by atoms with Crippen LogP contribution in [0.2, 0.25) is 0 Å². The van der Waals surface area contributed by atoms with Crippen molar-refractivity contribution in [1.29, 1.82) is 0 Å². The number of nitrogens with zero attached hydrogens (tertiary/aromatic N) is 2. The van der Waals surface area contributed by atoms with Crippen LogP contribution in [0.5, 0.6) is 0 Å². The molecule has 2 heterocycles. The highest BCUT2D eigenvalue weighted by Crippen LogP contribution is 2.30. The second kappa shape index (κ2) is 6.55. The van der Waals surface area contributed by atoms with Crippen LogP contribution in [0.15, 0.2) is 18.8 Å². The van der Waals surface area contributed by atoms with E-state index in [-0.39, 0.29) is 0 Å². The van der Waals surface area contributed by atoms with Gasteiger partial charge in [-0.25, -0.2) is 9.31 Å². The first-order valence-corrected chi connectivity index (χ1v) is 7.94. The van der Waals surface area contributed by atoms with Crippen LogP contribution >= 0.6 is 0 Å². The van der Waals surface area contributed by atoms with E-state index in [0.717, 1.165) is 22.3 Å². The zero-order valence-corrected chi connectivity index (χ0v) is 15.2. The quantitative estimate of drug-likeness (QED) is 0.848.